The summed E-state index contributed by atoms with van der Waals surface area (Å²) < 4.78 is 6.78. The van der Waals surface area contributed by atoms with Gasteiger partial charge in [-0.2, -0.15) is 0 Å². The molecule has 2 aromatic heterocycles. The van der Waals surface area contributed by atoms with Gasteiger partial charge in [0, 0.05) is 31.0 Å². The van der Waals surface area contributed by atoms with Gasteiger partial charge in [-0.25, -0.2) is 9.78 Å². The number of hydrogen-bond donors (Lipinski definition) is 0. The Hall–Kier alpha value is -2.63. The molecule has 1 amide bonds. The molecule has 0 radical (unpaired) electrons. The van der Waals surface area contributed by atoms with E-state index in [9.17, 15) is 9.59 Å². The number of pyridine rings is 1. The smallest absolute Gasteiger partial charge is 0.354 e. The van der Waals surface area contributed by atoms with Gasteiger partial charge >= 0.3 is 5.97 Å². The van der Waals surface area contributed by atoms with Crippen LogP contribution in [0, 0.1) is 6.92 Å². The van der Waals surface area contributed by atoms with E-state index >= 15 is 0 Å². The molecule has 0 saturated carbocycles. The zero-order valence-electron chi connectivity index (χ0n) is 13.9. The molecule has 1 saturated heterocycles. The molecule has 1 aliphatic rings. The van der Waals surface area contributed by atoms with Crippen molar-refractivity contribution in [1.82, 2.24) is 14.5 Å². The van der Waals surface area contributed by atoms with E-state index in [4.69, 9.17) is 4.74 Å². The molecular formula is C18H21N3O3. The molecule has 3 heterocycles. The molecule has 2 aromatic rings. The van der Waals surface area contributed by atoms with Gasteiger partial charge in [0.1, 0.15) is 11.4 Å². The maximum absolute atomic E-state index is 12.5. The number of esters is 1. The number of ether oxygens (including phenoxy) is 1. The van der Waals surface area contributed by atoms with E-state index in [1.165, 1.54) is 7.11 Å². The van der Waals surface area contributed by atoms with E-state index in [1.807, 2.05) is 40.8 Å². The minimum absolute atomic E-state index is 0.0298. The summed E-state index contributed by atoms with van der Waals surface area (Å²) in [4.78, 5) is 30.5. The van der Waals surface area contributed by atoms with Crippen LogP contribution < -0.4 is 0 Å². The van der Waals surface area contributed by atoms with Gasteiger partial charge in [-0.3, -0.25) is 4.79 Å². The monoisotopic (exact) mass is 327 g/mol. The number of methoxy groups -OCH3 is 1. The lowest BCUT2D eigenvalue weighted by atomic mass is 10.0. The third-order valence-corrected chi connectivity index (χ3v) is 4.43. The Kier molecular flexibility index (Phi) is 4.64. The number of piperidine rings is 1. The first-order valence-electron chi connectivity index (χ1n) is 8.08. The number of aryl methyl sites for hydroxylation is 1. The average Bonchev–Trinajstić information content (AvgIpc) is 3.10. The van der Waals surface area contributed by atoms with Crippen LogP contribution in [0.25, 0.3) is 0 Å². The molecule has 1 fully saturated rings. The maximum Gasteiger partial charge on any atom is 0.354 e. The molecule has 1 aliphatic heterocycles. The van der Waals surface area contributed by atoms with E-state index in [2.05, 4.69) is 4.98 Å². The number of nitrogens with zero attached hydrogens (tertiary/aromatic N) is 3. The number of carbonyl (C=O) groups is 2. The average molecular weight is 327 g/mol. The normalized spacial score (nSPS) is 15.3. The Balaban J connectivity index is 1.67. The molecule has 24 heavy (non-hydrogen) atoms. The Bertz CT molecular complexity index is 745. The summed E-state index contributed by atoms with van der Waals surface area (Å²) in [5.74, 6) is -0.361. The molecule has 0 unspecified atom stereocenters. The van der Waals surface area contributed by atoms with Crippen molar-refractivity contribution < 1.29 is 14.3 Å². The molecule has 0 aromatic carbocycles. The van der Waals surface area contributed by atoms with E-state index in [0.29, 0.717) is 24.5 Å². The van der Waals surface area contributed by atoms with Gasteiger partial charge in [-0.15, -0.1) is 0 Å². The molecule has 6 nitrogen and oxygen atoms in total. The minimum atomic E-state index is -0.331. The zero-order chi connectivity index (χ0) is 17.1. The second-order valence-corrected chi connectivity index (χ2v) is 5.98. The molecule has 3 rings (SSSR count). The van der Waals surface area contributed by atoms with Crippen LogP contribution in [0.3, 0.4) is 0 Å². The van der Waals surface area contributed by atoms with Crippen LogP contribution >= 0.6 is 0 Å². The fourth-order valence-corrected chi connectivity index (χ4v) is 3.16. The number of aromatic nitrogens is 2. The van der Waals surface area contributed by atoms with Gasteiger partial charge in [0.05, 0.1) is 7.11 Å². The van der Waals surface area contributed by atoms with E-state index in [-0.39, 0.29) is 17.9 Å². The van der Waals surface area contributed by atoms with Crippen molar-refractivity contribution in [1.29, 1.82) is 0 Å². The van der Waals surface area contributed by atoms with Crippen LogP contribution in [0.4, 0.5) is 0 Å². The van der Waals surface area contributed by atoms with Crippen molar-refractivity contribution in [2.45, 2.75) is 25.8 Å². The van der Waals surface area contributed by atoms with Crippen molar-refractivity contribution >= 4 is 11.9 Å². The second-order valence-electron chi connectivity index (χ2n) is 5.98. The van der Waals surface area contributed by atoms with Crippen LogP contribution in [-0.4, -0.2) is 46.5 Å². The summed E-state index contributed by atoms with van der Waals surface area (Å²) in [6, 6.07) is 9.29. The van der Waals surface area contributed by atoms with Gasteiger partial charge in [0.25, 0.3) is 5.91 Å². The summed E-state index contributed by atoms with van der Waals surface area (Å²) in [6.45, 7) is 3.18. The fourth-order valence-electron chi connectivity index (χ4n) is 3.16. The highest BCUT2D eigenvalue weighted by Crippen LogP contribution is 2.25. The third-order valence-electron chi connectivity index (χ3n) is 4.43. The molecule has 0 N–H and O–H groups in total. The summed E-state index contributed by atoms with van der Waals surface area (Å²) in [5, 5.41) is 0. The van der Waals surface area contributed by atoms with E-state index < -0.39 is 0 Å². The standard InChI is InChI=1S/C18H21N3O3/c1-13-5-3-6-15(19-13)17(22)20-11-8-14(9-12-20)21-10-4-7-16(21)18(23)24-2/h3-7,10,14H,8-9,11-12H2,1-2H3. The SMILES string of the molecule is COC(=O)c1cccn1C1CCN(C(=O)c2cccc(C)n2)CC1. The van der Waals surface area contributed by atoms with Crippen LogP contribution in [0.2, 0.25) is 0 Å². The van der Waals surface area contributed by atoms with Crippen LogP contribution in [0.1, 0.15) is 45.6 Å². The number of likely N-dealkylation sites (tertiary alicyclic amines) is 1. The Morgan fingerprint density at radius 1 is 1.17 bits per heavy atom. The molecule has 0 aliphatic carbocycles. The summed E-state index contributed by atoms with van der Waals surface area (Å²) >= 11 is 0. The van der Waals surface area contributed by atoms with Crippen molar-refractivity contribution in [3.05, 3.63) is 53.6 Å². The number of rotatable bonds is 3. The summed E-state index contributed by atoms with van der Waals surface area (Å²) in [7, 11) is 1.38. The summed E-state index contributed by atoms with van der Waals surface area (Å²) in [6.07, 6.45) is 3.50. The third kappa shape index (κ3) is 3.18. The second kappa shape index (κ2) is 6.86. The molecule has 0 spiro atoms. The highest BCUT2D eigenvalue weighted by Gasteiger charge is 2.27. The van der Waals surface area contributed by atoms with Gasteiger partial charge < -0.3 is 14.2 Å². The Morgan fingerprint density at radius 2 is 1.92 bits per heavy atom. The lowest BCUT2D eigenvalue weighted by molar-refractivity contribution is 0.0573. The molecule has 0 atom stereocenters. The summed E-state index contributed by atoms with van der Waals surface area (Å²) in [5.41, 5.74) is 1.89. The van der Waals surface area contributed by atoms with Crippen LogP contribution in [0.5, 0.6) is 0 Å². The quantitative estimate of drug-likeness (QED) is 0.812. The number of hydrogen-bond acceptors (Lipinski definition) is 4. The first-order valence-corrected chi connectivity index (χ1v) is 8.08. The van der Waals surface area contributed by atoms with E-state index in [1.54, 1.807) is 12.1 Å². The molecule has 0 bridgehead atoms. The number of carbonyl (C=O) groups excluding carboxylic acids is 2. The van der Waals surface area contributed by atoms with E-state index in [0.717, 1.165) is 18.5 Å². The van der Waals surface area contributed by atoms with Crippen molar-refractivity contribution in [3.8, 4) is 0 Å². The molecule has 6 heteroatoms. The molecule has 126 valence electrons. The largest absolute Gasteiger partial charge is 0.464 e. The topological polar surface area (TPSA) is 64.4 Å². The Morgan fingerprint density at radius 3 is 2.58 bits per heavy atom. The van der Waals surface area contributed by atoms with Gasteiger partial charge in [-0.05, 0) is 44.0 Å². The highest BCUT2D eigenvalue weighted by molar-refractivity contribution is 5.92. The van der Waals surface area contributed by atoms with Crippen molar-refractivity contribution in [3.63, 3.8) is 0 Å². The first-order chi connectivity index (χ1) is 11.6. The van der Waals surface area contributed by atoms with Crippen molar-refractivity contribution in [2.75, 3.05) is 20.2 Å². The van der Waals surface area contributed by atoms with Crippen LogP contribution in [0.15, 0.2) is 36.5 Å². The maximum atomic E-state index is 12.5. The minimum Gasteiger partial charge on any atom is -0.464 e. The van der Waals surface area contributed by atoms with Gasteiger partial charge in [0.2, 0.25) is 0 Å². The lowest BCUT2D eigenvalue weighted by Crippen LogP contribution is -2.39. The number of amides is 1. The van der Waals surface area contributed by atoms with Gasteiger partial charge in [0.15, 0.2) is 0 Å². The zero-order valence-corrected chi connectivity index (χ0v) is 13.9. The predicted octanol–water partition coefficient (Wildman–Crippen LogP) is 2.46. The molecular weight excluding hydrogens is 306 g/mol. The predicted molar refractivity (Wildman–Crippen MR) is 88.9 cm³/mol. The van der Waals surface area contributed by atoms with Gasteiger partial charge in [-0.1, -0.05) is 6.07 Å². The Labute approximate surface area is 141 Å². The first kappa shape index (κ1) is 16.2. The van der Waals surface area contributed by atoms with Crippen molar-refractivity contribution in [2.24, 2.45) is 0 Å². The fraction of sp³-hybridized carbons (Fsp3) is 0.389. The highest BCUT2D eigenvalue weighted by atomic mass is 16.5. The lowest BCUT2D eigenvalue weighted by Gasteiger charge is -2.33. The van der Waals surface area contributed by atoms with Crippen LogP contribution in [-0.2, 0) is 4.74 Å².